The van der Waals surface area contributed by atoms with E-state index in [0.29, 0.717) is 30.5 Å². The molecule has 0 spiro atoms. The first-order valence-corrected chi connectivity index (χ1v) is 11.6. The van der Waals surface area contributed by atoms with Crippen LogP contribution in [0.25, 0.3) is 0 Å². The van der Waals surface area contributed by atoms with Crippen LogP contribution in [0.15, 0.2) is 17.5 Å². The predicted octanol–water partition coefficient (Wildman–Crippen LogP) is 4.68. The van der Waals surface area contributed by atoms with Crippen LogP contribution in [0.1, 0.15) is 60.2 Å². The average molecular weight is 411 g/mol. The molecule has 0 bridgehead atoms. The van der Waals surface area contributed by atoms with Crippen molar-refractivity contribution < 1.29 is 4.79 Å². The molecule has 3 heterocycles. The maximum atomic E-state index is 13.0. The fourth-order valence-electron chi connectivity index (χ4n) is 5.17. The first-order chi connectivity index (χ1) is 14.1. The molecule has 5 nitrogen and oxygen atoms in total. The zero-order valence-electron chi connectivity index (χ0n) is 17.4. The van der Waals surface area contributed by atoms with Gasteiger partial charge >= 0.3 is 0 Å². The molecule has 2 aromatic heterocycles. The van der Waals surface area contributed by atoms with Gasteiger partial charge in [0.1, 0.15) is 11.9 Å². The Bertz CT molecular complexity index is 906. The molecule has 4 rings (SSSR count). The first kappa shape index (κ1) is 20.2. The number of carbonyl (C=O) groups excluding carboxylic acids is 1. The number of rotatable bonds is 5. The van der Waals surface area contributed by atoms with Gasteiger partial charge in [0.25, 0.3) is 0 Å². The number of amides is 1. The van der Waals surface area contributed by atoms with E-state index in [1.807, 2.05) is 19.9 Å². The molecule has 1 saturated heterocycles. The summed E-state index contributed by atoms with van der Waals surface area (Å²) in [6.45, 7) is 6.10. The van der Waals surface area contributed by atoms with Gasteiger partial charge in [-0.15, -0.1) is 11.3 Å². The molecule has 2 atom stereocenters. The number of hydrogen-bond donors (Lipinski definition) is 1. The number of piperidine rings is 1. The summed E-state index contributed by atoms with van der Waals surface area (Å²) < 4.78 is 2.08. The number of nitriles is 1. The Hall–Kier alpha value is -2.10. The van der Waals surface area contributed by atoms with E-state index in [4.69, 9.17) is 0 Å². The lowest BCUT2D eigenvalue weighted by molar-refractivity contribution is -0.119. The summed E-state index contributed by atoms with van der Waals surface area (Å²) in [5, 5.41) is 14.9. The van der Waals surface area contributed by atoms with E-state index in [0.717, 1.165) is 23.7 Å². The zero-order valence-corrected chi connectivity index (χ0v) is 18.2. The van der Waals surface area contributed by atoms with Gasteiger partial charge in [0, 0.05) is 16.6 Å². The maximum absolute atomic E-state index is 13.0. The molecule has 1 N–H and O–H groups in total. The highest BCUT2D eigenvalue weighted by atomic mass is 32.1. The second kappa shape index (κ2) is 8.73. The zero-order chi connectivity index (χ0) is 20.4. The molecule has 2 aromatic rings. The molecule has 2 aliphatic rings. The Balaban J connectivity index is 1.53. The van der Waals surface area contributed by atoms with Crippen LogP contribution >= 0.6 is 11.3 Å². The van der Waals surface area contributed by atoms with Gasteiger partial charge in [-0.3, -0.25) is 9.69 Å². The summed E-state index contributed by atoms with van der Waals surface area (Å²) in [6, 6.07) is 6.99. The van der Waals surface area contributed by atoms with Gasteiger partial charge in [-0.1, -0.05) is 18.9 Å². The number of anilines is 1. The molecule has 0 radical (unpaired) electrons. The lowest BCUT2D eigenvalue weighted by Gasteiger charge is -2.43. The van der Waals surface area contributed by atoms with Gasteiger partial charge in [-0.2, -0.15) is 5.26 Å². The molecule has 1 amide bonds. The van der Waals surface area contributed by atoms with Crippen molar-refractivity contribution in [2.75, 3.05) is 18.4 Å². The van der Waals surface area contributed by atoms with Gasteiger partial charge < -0.3 is 9.88 Å². The van der Waals surface area contributed by atoms with E-state index in [1.54, 1.807) is 11.3 Å². The monoisotopic (exact) mass is 410 g/mol. The number of nitrogens with one attached hydrogen (secondary N) is 1. The predicted molar refractivity (Wildman–Crippen MR) is 117 cm³/mol. The SMILES string of the molecule is Cc1c(C#N)c(NC(=O)CN2CCC[C@H]3CCCC[C@@H]32)n(Cc2cccs2)c1C. The third kappa shape index (κ3) is 4.12. The number of carbonyl (C=O) groups is 1. The summed E-state index contributed by atoms with van der Waals surface area (Å²) in [7, 11) is 0. The number of nitrogens with zero attached hydrogens (tertiary/aromatic N) is 3. The fourth-order valence-corrected chi connectivity index (χ4v) is 5.86. The first-order valence-electron chi connectivity index (χ1n) is 10.7. The van der Waals surface area contributed by atoms with Gasteiger partial charge in [0.15, 0.2) is 0 Å². The minimum Gasteiger partial charge on any atom is -0.325 e. The smallest absolute Gasteiger partial charge is 0.239 e. The van der Waals surface area contributed by atoms with Crippen LogP contribution in [0.5, 0.6) is 0 Å². The highest BCUT2D eigenvalue weighted by molar-refractivity contribution is 7.09. The van der Waals surface area contributed by atoms with Crippen molar-refractivity contribution in [3.05, 3.63) is 39.2 Å². The Kier molecular flexibility index (Phi) is 6.07. The van der Waals surface area contributed by atoms with Crippen LogP contribution in [0.4, 0.5) is 5.82 Å². The lowest BCUT2D eigenvalue weighted by atomic mass is 9.78. The van der Waals surface area contributed by atoms with E-state index in [2.05, 4.69) is 32.3 Å². The van der Waals surface area contributed by atoms with Crippen LogP contribution in [0.3, 0.4) is 0 Å². The van der Waals surface area contributed by atoms with Crippen molar-refractivity contribution >= 4 is 23.1 Å². The van der Waals surface area contributed by atoms with Crippen molar-refractivity contribution in [1.29, 1.82) is 5.26 Å². The number of hydrogen-bond acceptors (Lipinski definition) is 4. The Labute approximate surface area is 177 Å². The van der Waals surface area contributed by atoms with E-state index >= 15 is 0 Å². The Morgan fingerprint density at radius 2 is 2.07 bits per heavy atom. The van der Waals surface area contributed by atoms with E-state index < -0.39 is 0 Å². The van der Waals surface area contributed by atoms with Crippen molar-refractivity contribution in [1.82, 2.24) is 9.47 Å². The maximum Gasteiger partial charge on any atom is 0.239 e. The average Bonchev–Trinajstić information content (AvgIpc) is 3.31. The molecule has 6 heteroatoms. The quantitative estimate of drug-likeness (QED) is 0.778. The Morgan fingerprint density at radius 3 is 2.83 bits per heavy atom. The molecule has 29 heavy (non-hydrogen) atoms. The van der Waals surface area contributed by atoms with Crippen LogP contribution in [0.2, 0.25) is 0 Å². The highest BCUT2D eigenvalue weighted by Gasteiger charge is 2.34. The second-order valence-corrected chi connectivity index (χ2v) is 9.52. The van der Waals surface area contributed by atoms with Gasteiger partial charge in [0.05, 0.1) is 18.7 Å². The Morgan fingerprint density at radius 1 is 1.28 bits per heavy atom. The van der Waals surface area contributed by atoms with Crippen molar-refractivity contribution in [2.24, 2.45) is 5.92 Å². The van der Waals surface area contributed by atoms with Crippen molar-refractivity contribution in [3.8, 4) is 6.07 Å². The summed E-state index contributed by atoms with van der Waals surface area (Å²) >= 11 is 1.69. The standard InChI is InChI=1S/C23H30N4OS/c1-16-17(2)27(14-19-9-6-12-29-19)23(20(16)13-24)25-22(28)15-26-11-5-8-18-7-3-4-10-21(18)26/h6,9,12,18,21H,3-5,7-8,10-11,14-15H2,1-2H3,(H,25,28)/t18-,21+/m1/s1. The number of fused-ring (bicyclic) bond motifs is 1. The topological polar surface area (TPSA) is 61.1 Å². The molecule has 154 valence electrons. The number of aromatic nitrogens is 1. The molecule has 1 aliphatic heterocycles. The van der Waals surface area contributed by atoms with Crippen LogP contribution < -0.4 is 5.32 Å². The second-order valence-electron chi connectivity index (χ2n) is 8.48. The number of likely N-dealkylation sites (tertiary alicyclic amines) is 1. The molecule has 1 aliphatic carbocycles. The lowest BCUT2D eigenvalue weighted by Crippen LogP contribution is -2.49. The minimum absolute atomic E-state index is 0.00217. The third-order valence-corrected chi connectivity index (χ3v) is 7.66. The van der Waals surface area contributed by atoms with E-state index in [-0.39, 0.29) is 5.91 Å². The largest absolute Gasteiger partial charge is 0.325 e. The van der Waals surface area contributed by atoms with Crippen LogP contribution in [-0.4, -0.2) is 34.5 Å². The molecule has 2 fully saturated rings. The molecule has 1 saturated carbocycles. The summed E-state index contributed by atoms with van der Waals surface area (Å²) in [5.74, 6) is 1.41. The van der Waals surface area contributed by atoms with E-state index in [9.17, 15) is 10.1 Å². The van der Waals surface area contributed by atoms with Crippen molar-refractivity contribution in [2.45, 2.75) is 65.0 Å². The van der Waals surface area contributed by atoms with Gasteiger partial charge in [-0.25, -0.2) is 0 Å². The summed E-state index contributed by atoms with van der Waals surface area (Å²) in [4.78, 5) is 16.6. The molecule has 0 aromatic carbocycles. The summed E-state index contributed by atoms with van der Waals surface area (Å²) in [5.41, 5.74) is 2.57. The fraction of sp³-hybridized carbons (Fsp3) is 0.565. The van der Waals surface area contributed by atoms with Crippen LogP contribution in [0, 0.1) is 31.1 Å². The molecular formula is C23H30N4OS. The normalized spacial score (nSPS) is 22.1. The third-order valence-electron chi connectivity index (χ3n) is 6.80. The molecule has 0 unspecified atom stereocenters. The van der Waals surface area contributed by atoms with E-state index in [1.165, 1.54) is 43.4 Å². The number of thiophene rings is 1. The summed E-state index contributed by atoms with van der Waals surface area (Å²) in [6.07, 6.45) is 7.63. The van der Waals surface area contributed by atoms with Gasteiger partial charge in [0.2, 0.25) is 5.91 Å². The van der Waals surface area contributed by atoms with Gasteiger partial charge in [-0.05, 0) is 69.0 Å². The molecular weight excluding hydrogens is 380 g/mol. The van der Waals surface area contributed by atoms with Crippen LogP contribution in [-0.2, 0) is 11.3 Å². The highest BCUT2D eigenvalue weighted by Crippen LogP contribution is 2.35. The van der Waals surface area contributed by atoms with Crippen molar-refractivity contribution in [3.63, 3.8) is 0 Å². The minimum atomic E-state index is -0.00217.